The van der Waals surface area contributed by atoms with Crippen molar-refractivity contribution in [2.75, 3.05) is 24.6 Å². The van der Waals surface area contributed by atoms with Crippen LogP contribution in [-0.4, -0.2) is 64.3 Å². The molecule has 134 valence electrons. The maximum absolute atomic E-state index is 13.8. The number of benzene rings is 1. The summed E-state index contributed by atoms with van der Waals surface area (Å²) in [6, 6.07) is 5.31. The van der Waals surface area contributed by atoms with Gasteiger partial charge in [-0.05, 0) is 6.07 Å². The molecule has 7 nitrogen and oxygen atoms in total. The number of rotatable bonds is 2. The Labute approximate surface area is 153 Å². The summed E-state index contributed by atoms with van der Waals surface area (Å²) in [6.07, 6.45) is 1.48. The molecule has 1 fully saturated rings. The number of amidine groups is 1. The van der Waals surface area contributed by atoms with E-state index in [0.717, 1.165) is 29.5 Å². The van der Waals surface area contributed by atoms with Crippen LogP contribution in [0.3, 0.4) is 0 Å². The van der Waals surface area contributed by atoms with Crippen LogP contribution in [0.4, 0.5) is 9.18 Å². The summed E-state index contributed by atoms with van der Waals surface area (Å²) in [4.78, 5) is 40.6. The predicted molar refractivity (Wildman–Crippen MR) is 98.1 cm³/mol. The number of aliphatic imine (C=N–C) groups is 3. The molecule has 0 N–H and O–H groups in total. The lowest BCUT2D eigenvalue weighted by Gasteiger charge is -2.31. The van der Waals surface area contributed by atoms with Crippen LogP contribution in [0.5, 0.6) is 0 Å². The van der Waals surface area contributed by atoms with Gasteiger partial charge in [0.15, 0.2) is 5.84 Å². The van der Waals surface area contributed by atoms with Crippen molar-refractivity contribution in [3.8, 4) is 0 Å². The van der Waals surface area contributed by atoms with Gasteiger partial charge in [0, 0.05) is 36.4 Å². The third-order valence-electron chi connectivity index (χ3n) is 4.39. The Morgan fingerprint density at radius 1 is 1.15 bits per heavy atom. The Morgan fingerprint density at radius 3 is 2.69 bits per heavy atom. The third kappa shape index (κ3) is 3.14. The highest BCUT2D eigenvalue weighted by molar-refractivity contribution is 7.99. The lowest BCUT2D eigenvalue weighted by atomic mass is 10.0. The number of nitrogens with zero attached hydrogens (tertiary/aromatic N) is 5. The van der Waals surface area contributed by atoms with E-state index < -0.39 is 23.7 Å². The zero-order valence-electron chi connectivity index (χ0n) is 13.8. The van der Waals surface area contributed by atoms with Crippen molar-refractivity contribution < 1.29 is 14.0 Å². The van der Waals surface area contributed by atoms with Crippen molar-refractivity contribution in [1.82, 2.24) is 9.80 Å². The fraction of sp³-hybridized carbons (Fsp3) is 0.353. The smallest absolute Gasteiger partial charge is 0.339 e. The largest absolute Gasteiger partial charge is 0.352 e. The van der Waals surface area contributed by atoms with Gasteiger partial charge in [0.25, 0.3) is 0 Å². The standard InChI is InChI=1S/C17H16FN5O2S/c18-13-4-2-1-3-11(13)10-23-15(24)12-9-19-16(20-14(12)21-17(23)25)22-5-7-26-8-6-22/h1-4,9,12H,5-8,10H2. The number of urea groups is 1. The minimum Gasteiger partial charge on any atom is -0.339 e. The minimum atomic E-state index is -0.803. The molecule has 0 spiro atoms. The number of imide groups is 1. The molecule has 4 rings (SSSR count). The first-order valence-corrected chi connectivity index (χ1v) is 9.42. The van der Waals surface area contributed by atoms with Crippen LogP contribution < -0.4 is 0 Å². The molecule has 0 bridgehead atoms. The van der Waals surface area contributed by atoms with Crippen LogP contribution in [0.2, 0.25) is 0 Å². The molecule has 0 saturated carbocycles. The Kier molecular flexibility index (Phi) is 4.54. The van der Waals surface area contributed by atoms with E-state index in [0.29, 0.717) is 5.96 Å². The van der Waals surface area contributed by atoms with Gasteiger partial charge in [0.1, 0.15) is 11.7 Å². The van der Waals surface area contributed by atoms with Gasteiger partial charge in [0.05, 0.1) is 6.54 Å². The lowest BCUT2D eigenvalue weighted by molar-refractivity contribution is -0.129. The van der Waals surface area contributed by atoms with Crippen molar-refractivity contribution in [2.24, 2.45) is 20.9 Å². The zero-order chi connectivity index (χ0) is 18.1. The number of amides is 3. The van der Waals surface area contributed by atoms with Crippen molar-refractivity contribution >= 4 is 41.7 Å². The van der Waals surface area contributed by atoms with Crippen LogP contribution in [0, 0.1) is 11.7 Å². The summed E-state index contributed by atoms with van der Waals surface area (Å²) < 4.78 is 13.8. The van der Waals surface area contributed by atoms with E-state index in [4.69, 9.17) is 0 Å². The van der Waals surface area contributed by atoms with Crippen molar-refractivity contribution in [3.05, 3.63) is 35.6 Å². The molecule has 9 heteroatoms. The van der Waals surface area contributed by atoms with Crippen LogP contribution in [-0.2, 0) is 11.3 Å². The quantitative estimate of drug-likeness (QED) is 0.792. The number of hydrogen-bond donors (Lipinski definition) is 0. The van der Waals surface area contributed by atoms with E-state index in [-0.39, 0.29) is 17.9 Å². The maximum atomic E-state index is 13.8. The Morgan fingerprint density at radius 2 is 1.92 bits per heavy atom. The molecule has 3 amide bonds. The number of fused-ring (bicyclic) bond motifs is 1. The molecule has 3 heterocycles. The van der Waals surface area contributed by atoms with E-state index in [2.05, 4.69) is 15.0 Å². The van der Waals surface area contributed by atoms with Crippen LogP contribution >= 0.6 is 11.8 Å². The number of carbonyl (C=O) groups is 2. The molecule has 1 aromatic carbocycles. The highest BCUT2D eigenvalue weighted by Gasteiger charge is 2.39. The van der Waals surface area contributed by atoms with Crippen molar-refractivity contribution in [3.63, 3.8) is 0 Å². The van der Waals surface area contributed by atoms with Crippen LogP contribution in [0.25, 0.3) is 0 Å². The van der Waals surface area contributed by atoms with Gasteiger partial charge in [-0.15, -0.1) is 0 Å². The number of guanidine groups is 1. The average Bonchev–Trinajstić information content (AvgIpc) is 2.67. The van der Waals surface area contributed by atoms with Gasteiger partial charge in [-0.1, -0.05) is 18.2 Å². The Bertz CT molecular complexity index is 847. The SMILES string of the molecule is O=C1N=C2N=C(N3CCSCC3)N=CC2C(=O)N1Cc1ccccc1F. The number of thioether (sulfide) groups is 1. The van der Waals surface area contributed by atoms with E-state index in [1.807, 2.05) is 16.7 Å². The highest BCUT2D eigenvalue weighted by atomic mass is 32.2. The van der Waals surface area contributed by atoms with E-state index in [1.165, 1.54) is 18.3 Å². The summed E-state index contributed by atoms with van der Waals surface area (Å²) in [7, 11) is 0. The normalized spacial score (nSPS) is 22.9. The summed E-state index contributed by atoms with van der Waals surface area (Å²) in [5.41, 5.74) is 0.260. The van der Waals surface area contributed by atoms with Crippen molar-refractivity contribution in [1.29, 1.82) is 0 Å². The van der Waals surface area contributed by atoms with Crippen LogP contribution in [0.15, 0.2) is 39.2 Å². The molecule has 0 aliphatic carbocycles. The van der Waals surface area contributed by atoms with Crippen LogP contribution in [0.1, 0.15) is 5.56 Å². The van der Waals surface area contributed by atoms with Gasteiger partial charge in [0.2, 0.25) is 11.9 Å². The Hall–Kier alpha value is -2.55. The number of carbonyl (C=O) groups excluding carboxylic acids is 2. The second-order valence-electron chi connectivity index (χ2n) is 6.04. The summed E-state index contributed by atoms with van der Waals surface area (Å²) in [5.74, 6) is 0.864. The topological polar surface area (TPSA) is 77.7 Å². The van der Waals surface area contributed by atoms with E-state index in [9.17, 15) is 14.0 Å². The fourth-order valence-corrected chi connectivity index (χ4v) is 3.86. The molecule has 0 aromatic heterocycles. The first kappa shape index (κ1) is 16.9. The molecular weight excluding hydrogens is 357 g/mol. The summed E-state index contributed by atoms with van der Waals surface area (Å²) in [6.45, 7) is 1.48. The van der Waals surface area contributed by atoms with E-state index >= 15 is 0 Å². The monoisotopic (exact) mass is 373 g/mol. The zero-order valence-corrected chi connectivity index (χ0v) is 14.7. The lowest BCUT2D eigenvalue weighted by Crippen LogP contribution is -2.49. The number of halogens is 1. The maximum Gasteiger partial charge on any atom is 0.352 e. The third-order valence-corrected chi connectivity index (χ3v) is 5.33. The molecule has 3 aliphatic rings. The van der Waals surface area contributed by atoms with Gasteiger partial charge in [-0.3, -0.25) is 9.69 Å². The molecular formula is C17H16FN5O2S. The molecule has 1 unspecified atom stereocenters. The fourth-order valence-electron chi connectivity index (χ4n) is 2.96. The average molecular weight is 373 g/mol. The highest BCUT2D eigenvalue weighted by Crippen LogP contribution is 2.21. The predicted octanol–water partition coefficient (Wildman–Crippen LogP) is 1.79. The van der Waals surface area contributed by atoms with E-state index in [1.54, 1.807) is 12.1 Å². The Balaban J connectivity index is 1.57. The molecule has 1 saturated heterocycles. The minimum absolute atomic E-state index is 0.160. The second kappa shape index (κ2) is 6.99. The van der Waals surface area contributed by atoms with Crippen molar-refractivity contribution in [2.45, 2.75) is 6.54 Å². The van der Waals surface area contributed by atoms with Gasteiger partial charge in [-0.2, -0.15) is 21.7 Å². The molecule has 0 radical (unpaired) electrons. The first-order chi connectivity index (χ1) is 12.6. The van der Waals surface area contributed by atoms with Gasteiger partial charge >= 0.3 is 6.03 Å². The first-order valence-electron chi connectivity index (χ1n) is 8.26. The molecule has 26 heavy (non-hydrogen) atoms. The molecule has 1 aromatic rings. The van der Waals surface area contributed by atoms with Gasteiger partial charge in [-0.25, -0.2) is 14.2 Å². The number of hydrogen-bond acceptors (Lipinski definition) is 6. The molecule has 1 atom stereocenters. The van der Waals surface area contributed by atoms with Gasteiger partial charge < -0.3 is 4.90 Å². The second-order valence-corrected chi connectivity index (χ2v) is 7.26. The summed E-state index contributed by atoms with van der Waals surface area (Å²) in [5, 5.41) is 0. The summed E-state index contributed by atoms with van der Waals surface area (Å²) >= 11 is 1.86. The molecule has 3 aliphatic heterocycles.